The number of fused-ring (bicyclic) bond motifs is 1. The van der Waals surface area contributed by atoms with E-state index in [2.05, 4.69) is 71.8 Å². The summed E-state index contributed by atoms with van der Waals surface area (Å²) in [4.78, 5) is 25.4. The zero-order chi connectivity index (χ0) is 23.8. The number of aromatic amines is 1. The second-order valence-electron chi connectivity index (χ2n) is 9.19. The van der Waals surface area contributed by atoms with Crippen molar-refractivity contribution in [2.45, 2.75) is 77.9 Å². The molecule has 0 radical (unpaired) electrons. The highest BCUT2D eigenvalue weighted by molar-refractivity contribution is 6.15. The molecule has 33 heavy (non-hydrogen) atoms. The lowest BCUT2D eigenvalue weighted by Gasteiger charge is -2.25. The molecular weight excluding hydrogens is 412 g/mol. The van der Waals surface area contributed by atoms with E-state index in [-0.39, 0.29) is 30.0 Å². The molecule has 1 aliphatic rings. The van der Waals surface area contributed by atoms with Crippen molar-refractivity contribution in [2.75, 3.05) is 13.6 Å². The Bertz CT molecular complexity index is 970. The van der Waals surface area contributed by atoms with Crippen LogP contribution in [-0.2, 0) is 4.79 Å². The summed E-state index contributed by atoms with van der Waals surface area (Å²) in [6.45, 7) is 9.53. The number of hydrogen-bond donors (Lipinski definition) is 4. The molecule has 0 aliphatic carbocycles. The number of carbonyl (C=O) groups excluding carboxylic acids is 1. The number of aromatic nitrogens is 1. The number of aliphatic imine (C=N–C) groups is 2. The lowest BCUT2D eigenvalue weighted by Crippen LogP contribution is -2.47. The van der Waals surface area contributed by atoms with Gasteiger partial charge in [0.25, 0.3) is 0 Å². The minimum Gasteiger partial charge on any atom is -0.360 e. The molecule has 2 aromatic rings. The van der Waals surface area contributed by atoms with Crippen LogP contribution in [0.25, 0.3) is 10.9 Å². The minimum absolute atomic E-state index is 0.0470. The topological polar surface area (TPSA) is 93.7 Å². The molecule has 7 nitrogen and oxygen atoms in total. The molecule has 1 saturated heterocycles. The normalized spacial score (nSPS) is 19.2. The molecule has 3 rings (SSSR count). The number of H-pyrrole nitrogens is 1. The number of rotatable bonds is 9. The minimum atomic E-state index is -0.0470. The van der Waals surface area contributed by atoms with Crippen molar-refractivity contribution in [3.63, 3.8) is 0 Å². The molecule has 1 aliphatic heterocycles. The predicted molar refractivity (Wildman–Crippen MR) is 138 cm³/mol. The largest absolute Gasteiger partial charge is 0.360 e. The van der Waals surface area contributed by atoms with Gasteiger partial charge >= 0.3 is 0 Å². The van der Waals surface area contributed by atoms with Crippen LogP contribution in [0.3, 0.4) is 0 Å². The Kier molecular flexibility index (Phi) is 9.06. The van der Waals surface area contributed by atoms with E-state index in [1.807, 2.05) is 12.3 Å². The van der Waals surface area contributed by atoms with Gasteiger partial charge in [0.2, 0.25) is 11.9 Å². The lowest BCUT2D eigenvalue weighted by atomic mass is 9.99. The lowest BCUT2D eigenvalue weighted by molar-refractivity contribution is -0.123. The first-order chi connectivity index (χ1) is 16.0. The van der Waals surface area contributed by atoms with Crippen LogP contribution >= 0.6 is 0 Å². The van der Waals surface area contributed by atoms with Gasteiger partial charge < -0.3 is 20.9 Å². The third-order valence-electron chi connectivity index (χ3n) is 6.46. The number of carbonyl (C=O) groups is 1. The van der Waals surface area contributed by atoms with Gasteiger partial charge in [-0.15, -0.1) is 0 Å². The van der Waals surface area contributed by atoms with Crippen LogP contribution in [0.4, 0.5) is 0 Å². The Morgan fingerprint density at radius 2 is 1.88 bits per heavy atom. The molecule has 0 bridgehead atoms. The number of amides is 1. The summed E-state index contributed by atoms with van der Waals surface area (Å²) in [6.07, 6.45) is 6.68. The standard InChI is InChI=1S/C26H40N6O/c1-6-18(30-25(33)23-13-10-14-28-23)15-19(7-2)31-26(27-5)32-24(17(3)4)21-16-29-22-12-9-8-11-20(21)22/h8-9,11-12,16-19,23,28-29H,6-7,10,13-15H2,1-5H3,(H,27,31)(H,30,33). The van der Waals surface area contributed by atoms with E-state index >= 15 is 0 Å². The molecule has 3 unspecified atom stereocenters. The summed E-state index contributed by atoms with van der Waals surface area (Å²) in [6, 6.07) is 8.54. The summed E-state index contributed by atoms with van der Waals surface area (Å²) >= 11 is 0. The first-order valence-corrected chi connectivity index (χ1v) is 12.4. The maximum absolute atomic E-state index is 12.6. The number of hydrogen-bond acceptors (Lipinski definition) is 3. The van der Waals surface area contributed by atoms with E-state index in [0.29, 0.717) is 5.96 Å². The second-order valence-corrected chi connectivity index (χ2v) is 9.19. The Morgan fingerprint density at radius 3 is 2.52 bits per heavy atom. The number of nitrogens with one attached hydrogen (secondary N) is 4. The van der Waals surface area contributed by atoms with Gasteiger partial charge in [-0.05, 0) is 50.6 Å². The number of para-hydroxylation sites is 1. The van der Waals surface area contributed by atoms with Crippen molar-refractivity contribution < 1.29 is 4.79 Å². The maximum atomic E-state index is 12.6. The van der Waals surface area contributed by atoms with Crippen molar-refractivity contribution in [3.8, 4) is 0 Å². The van der Waals surface area contributed by atoms with Gasteiger partial charge in [0.15, 0.2) is 0 Å². The van der Waals surface area contributed by atoms with Crippen LogP contribution in [0.5, 0.6) is 0 Å². The van der Waals surface area contributed by atoms with E-state index in [4.69, 9.17) is 4.99 Å². The Morgan fingerprint density at radius 1 is 1.15 bits per heavy atom. The smallest absolute Gasteiger partial charge is 0.237 e. The zero-order valence-electron chi connectivity index (χ0n) is 20.7. The molecule has 0 spiro atoms. The predicted octanol–water partition coefficient (Wildman–Crippen LogP) is 4.00. The Hall–Kier alpha value is -2.67. The van der Waals surface area contributed by atoms with Gasteiger partial charge in [0, 0.05) is 41.8 Å². The monoisotopic (exact) mass is 452 g/mol. The van der Waals surface area contributed by atoms with Crippen molar-refractivity contribution in [1.82, 2.24) is 20.9 Å². The van der Waals surface area contributed by atoms with Gasteiger partial charge in [-0.25, -0.2) is 4.99 Å². The SMILES string of the molecule is CCC(CC(CC)NC(=NC)N=C(c1c[nH]c2ccccc12)C(C)C)NC(=O)C1CCCN1. The molecule has 1 fully saturated rings. The number of benzene rings is 1. The van der Waals surface area contributed by atoms with Gasteiger partial charge in [-0.1, -0.05) is 45.9 Å². The molecule has 7 heteroatoms. The third-order valence-corrected chi connectivity index (χ3v) is 6.46. The van der Waals surface area contributed by atoms with Crippen molar-refractivity contribution in [1.29, 1.82) is 0 Å². The van der Waals surface area contributed by atoms with Gasteiger partial charge in [0.05, 0.1) is 11.8 Å². The van der Waals surface area contributed by atoms with Gasteiger partial charge in [0.1, 0.15) is 0 Å². The van der Waals surface area contributed by atoms with E-state index in [9.17, 15) is 4.79 Å². The summed E-state index contributed by atoms with van der Waals surface area (Å²) in [5, 5.41) is 11.2. The average Bonchev–Trinajstić information content (AvgIpc) is 3.50. The van der Waals surface area contributed by atoms with Gasteiger partial charge in [-0.2, -0.15) is 0 Å². The molecule has 4 N–H and O–H groups in total. The highest BCUT2D eigenvalue weighted by Gasteiger charge is 2.25. The van der Waals surface area contributed by atoms with Gasteiger partial charge in [-0.3, -0.25) is 9.79 Å². The molecule has 1 aromatic carbocycles. The van der Waals surface area contributed by atoms with Crippen molar-refractivity contribution >= 4 is 28.5 Å². The molecular formula is C26H40N6O. The van der Waals surface area contributed by atoms with Crippen molar-refractivity contribution in [2.24, 2.45) is 15.9 Å². The van der Waals surface area contributed by atoms with Crippen LogP contribution in [0.15, 0.2) is 40.4 Å². The quantitative estimate of drug-likeness (QED) is 0.342. The summed E-state index contributed by atoms with van der Waals surface area (Å²) in [5.74, 6) is 0.997. The molecule has 1 amide bonds. The fraction of sp³-hybridized carbons (Fsp3) is 0.577. The van der Waals surface area contributed by atoms with E-state index < -0.39 is 0 Å². The van der Waals surface area contributed by atoms with E-state index in [0.717, 1.165) is 55.4 Å². The molecule has 1 aromatic heterocycles. The summed E-state index contributed by atoms with van der Waals surface area (Å²) in [5.41, 5.74) is 3.22. The van der Waals surface area contributed by atoms with Crippen molar-refractivity contribution in [3.05, 3.63) is 36.0 Å². The van der Waals surface area contributed by atoms with Crippen LogP contribution in [0.1, 0.15) is 65.4 Å². The van der Waals surface area contributed by atoms with Crippen LogP contribution in [0, 0.1) is 5.92 Å². The summed E-state index contributed by atoms with van der Waals surface area (Å²) in [7, 11) is 1.77. The Labute approximate surface area is 197 Å². The van der Waals surface area contributed by atoms with E-state index in [1.54, 1.807) is 7.05 Å². The first kappa shape index (κ1) is 25.0. The second kappa shape index (κ2) is 12.0. The number of nitrogens with zero attached hydrogens (tertiary/aromatic N) is 2. The van der Waals surface area contributed by atoms with Crippen LogP contribution < -0.4 is 16.0 Å². The first-order valence-electron chi connectivity index (χ1n) is 12.4. The fourth-order valence-electron chi connectivity index (χ4n) is 4.44. The zero-order valence-corrected chi connectivity index (χ0v) is 20.7. The Balaban J connectivity index is 1.72. The fourth-order valence-corrected chi connectivity index (χ4v) is 4.44. The highest BCUT2D eigenvalue weighted by atomic mass is 16.2. The van der Waals surface area contributed by atoms with Crippen LogP contribution in [0.2, 0.25) is 0 Å². The van der Waals surface area contributed by atoms with Crippen LogP contribution in [-0.4, -0.2) is 54.3 Å². The third kappa shape index (κ3) is 6.44. The summed E-state index contributed by atoms with van der Waals surface area (Å²) < 4.78 is 0. The number of guanidine groups is 1. The average molecular weight is 453 g/mol. The molecule has 180 valence electrons. The highest BCUT2D eigenvalue weighted by Crippen LogP contribution is 2.21. The maximum Gasteiger partial charge on any atom is 0.237 e. The van der Waals surface area contributed by atoms with E-state index in [1.165, 1.54) is 5.39 Å². The molecule has 2 heterocycles. The molecule has 3 atom stereocenters. The molecule has 0 saturated carbocycles.